The van der Waals surface area contributed by atoms with Crippen LogP contribution >= 0.6 is 24.8 Å². The van der Waals surface area contributed by atoms with Gasteiger partial charge in [0.05, 0.1) is 18.5 Å². The monoisotopic (exact) mass is 426 g/mol. The Kier molecular flexibility index (Phi) is 9.55. The van der Waals surface area contributed by atoms with Crippen molar-refractivity contribution in [1.82, 2.24) is 9.80 Å². The molecule has 2 aromatic rings. The molecule has 0 radical (unpaired) electrons. The van der Waals surface area contributed by atoms with Crippen molar-refractivity contribution in [3.05, 3.63) is 53.6 Å². The first-order valence-corrected chi connectivity index (χ1v) is 8.80. The first-order chi connectivity index (χ1) is 12.5. The van der Waals surface area contributed by atoms with Gasteiger partial charge in [-0.3, -0.25) is 9.69 Å². The Morgan fingerprint density at radius 1 is 1.07 bits per heavy atom. The predicted molar refractivity (Wildman–Crippen MR) is 119 cm³/mol. The van der Waals surface area contributed by atoms with E-state index in [1.54, 1.807) is 25.3 Å². The number of amides is 1. The molecule has 6 nitrogen and oxygen atoms in total. The Labute approximate surface area is 178 Å². The molecule has 0 aromatic heterocycles. The van der Waals surface area contributed by atoms with Crippen molar-refractivity contribution in [2.24, 2.45) is 0 Å². The number of nitrogen functional groups attached to an aromatic ring is 1. The molecular formula is C20H28Cl2N4O2. The minimum Gasteiger partial charge on any atom is -0.497 e. The van der Waals surface area contributed by atoms with Gasteiger partial charge in [-0.1, -0.05) is 12.1 Å². The van der Waals surface area contributed by atoms with Crippen LogP contribution in [0.25, 0.3) is 0 Å². The molecule has 0 unspecified atom stereocenters. The highest BCUT2D eigenvalue weighted by molar-refractivity contribution is 6.05. The third-order valence-electron chi connectivity index (χ3n) is 4.73. The molecule has 1 heterocycles. The lowest BCUT2D eigenvalue weighted by Gasteiger charge is -2.32. The molecule has 2 aromatic carbocycles. The van der Waals surface area contributed by atoms with E-state index in [4.69, 9.17) is 10.5 Å². The van der Waals surface area contributed by atoms with Crippen LogP contribution in [0.4, 0.5) is 11.4 Å². The number of methoxy groups -OCH3 is 1. The molecule has 3 N–H and O–H groups in total. The Morgan fingerprint density at radius 2 is 1.71 bits per heavy atom. The number of nitrogens with two attached hydrogens (primary N) is 1. The molecular weight excluding hydrogens is 399 g/mol. The number of carbonyl (C=O) groups is 1. The van der Waals surface area contributed by atoms with Crippen LogP contribution in [-0.4, -0.2) is 56.0 Å². The first-order valence-electron chi connectivity index (χ1n) is 8.80. The van der Waals surface area contributed by atoms with Crippen LogP contribution in [0.3, 0.4) is 0 Å². The maximum Gasteiger partial charge on any atom is 0.255 e. The van der Waals surface area contributed by atoms with Crippen LogP contribution in [0.1, 0.15) is 15.9 Å². The van der Waals surface area contributed by atoms with Crippen LogP contribution < -0.4 is 15.8 Å². The molecule has 1 aliphatic heterocycles. The first kappa shape index (κ1) is 24.0. The Bertz CT molecular complexity index is 763. The van der Waals surface area contributed by atoms with Gasteiger partial charge in [-0.05, 0) is 36.9 Å². The Morgan fingerprint density at radius 3 is 2.32 bits per heavy atom. The molecule has 154 valence electrons. The normalized spacial score (nSPS) is 14.5. The number of hydrogen-bond acceptors (Lipinski definition) is 5. The zero-order chi connectivity index (χ0) is 18.5. The van der Waals surface area contributed by atoms with E-state index in [0.717, 1.165) is 32.7 Å². The average Bonchev–Trinajstić information content (AvgIpc) is 2.66. The summed E-state index contributed by atoms with van der Waals surface area (Å²) in [6.07, 6.45) is 0. The summed E-state index contributed by atoms with van der Waals surface area (Å²) in [5, 5.41) is 2.85. The number of nitrogens with zero attached hydrogens (tertiary/aromatic N) is 2. The molecule has 0 atom stereocenters. The molecule has 1 fully saturated rings. The summed E-state index contributed by atoms with van der Waals surface area (Å²) in [6, 6.07) is 12.9. The average molecular weight is 427 g/mol. The second kappa shape index (κ2) is 11.1. The number of halogens is 2. The summed E-state index contributed by atoms with van der Waals surface area (Å²) in [6.45, 7) is 5.27. The van der Waals surface area contributed by atoms with Crippen LogP contribution in [0, 0.1) is 0 Å². The van der Waals surface area contributed by atoms with Crippen molar-refractivity contribution in [2.75, 3.05) is 51.4 Å². The minimum atomic E-state index is -0.184. The SMILES string of the molecule is COc1ccc(N)c(NC(=O)c2ccc(CN3CCN(C)CC3)cc2)c1.Cl.Cl. The van der Waals surface area contributed by atoms with Crippen molar-refractivity contribution in [1.29, 1.82) is 0 Å². The lowest BCUT2D eigenvalue weighted by atomic mass is 10.1. The lowest BCUT2D eigenvalue weighted by Crippen LogP contribution is -2.43. The maximum atomic E-state index is 12.5. The standard InChI is InChI=1S/C20H26N4O2.2ClH/c1-23-9-11-24(12-10-23)14-15-3-5-16(6-4-15)20(25)22-19-13-17(26-2)7-8-18(19)21;;/h3-8,13H,9-12,14,21H2,1-2H3,(H,22,25);2*1H. The molecule has 28 heavy (non-hydrogen) atoms. The molecule has 0 bridgehead atoms. The largest absolute Gasteiger partial charge is 0.497 e. The number of likely N-dealkylation sites (N-methyl/N-ethyl adjacent to an activating group) is 1. The van der Waals surface area contributed by atoms with E-state index >= 15 is 0 Å². The molecule has 0 spiro atoms. The van der Waals surface area contributed by atoms with Gasteiger partial charge in [0.25, 0.3) is 5.91 Å². The van der Waals surface area contributed by atoms with Crippen molar-refractivity contribution >= 4 is 42.1 Å². The highest BCUT2D eigenvalue weighted by Crippen LogP contribution is 2.25. The van der Waals surface area contributed by atoms with Gasteiger partial charge in [0, 0.05) is 44.4 Å². The summed E-state index contributed by atoms with van der Waals surface area (Å²) in [5.41, 5.74) is 8.81. The summed E-state index contributed by atoms with van der Waals surface area (Å²) in [5.74, 6) is 0.466. The number of benzene rings is 2. The fourth-order valence-corrected chi connectivity index (χ4v) is 2.99. The number of anilines is 2. The van der Waals surface area contributed by atoms with E-state index < -0.39 is 0 Å². The third-order valence-corrected chi connectivity index (χ3v) is 4.73. The minimum absolute atomic E-state index is 0. The fraction of sp³-hybridized carbons (Fsp3) is 0.350. The van der Waals surface area contributed by atoms with Gasteiger partial charge in [0.2, 0.25) is 0 Å². The molecule has 1 saturated heterocycles. The van der Waals surface area contributed by atoms with Crippen molar-refractivity contribution in [2.45, 2.75) is 6.54 Å². The molecule has 0 aliphatic carbocycles. The van der Waals surface area contributed by atoms with Gasteiger partial charge in [-0.2, -0.15) is 0 Å². The number of rotatable bonds is 5. The summed E-state index contributed by atoms with van der Waals surface area (Å²) in [7, 11) is 3.73. The van der Waals surface area contributed by atoms with Gasteiger partial charge >= 0.3 is 0 Å². The van der Waals surface area contributed by atoms with Crippen molar-refractivity contribution in [3.63, 3.8) is 0 Å². The smallest absolute Gasteiger partial charge is 0.255 e. The molecule has 8 heteroatoms. The maximum absolute atomic E-state index is 12.5. The summed E-state index contributed by atoms with van der Waals surface area (Å²) in [4.78, 5) is 17.3. The molecule has 0 saturated carbocycles. The summed E-state index contributed by atoms with van der Waals surface area (Å²) >= 11 is 0. The van der Waals surface area contributed by atoms with Crippen molar-refractivity contribution in [3.8, 4) is 5.75 Å². The van der Waals surface area contributed by atoms with Gasteiger partial charge in [-0.15, -0.1) is 24.8 Å². The van der Waals surface area contributed by atoms with Crippen LogP contribution in [-0.2, 0) is 6.54 Å². The number of piperazine rings is 1. The zero-order valence-corrected chi connectivity index (χ0v) is 17.8. The van der Waals surface area contributed by atoms with Gasteiger partial charge in [-0.25, -0.2) is 0 Å². The van der Waals surface area contributed by atoms with E-state index in [0.29, 0.717) is 22.7 Å². The van der Waals surface area contributed by atoms with Crippen LogP contribution in [0.5, 0.6) is 5.75 Å². The molecule has 1 aliphatic rings. The fourth-order valence-electron chi connectivity index (χ4n) is 2.99. The number of carbonyl (C=O) groups excluding carboxylic acids is 1. The van der Waals surface area contributed by atoms with Crippen LogP contribution in [0.15, 0.2) is 42.5 Å². The van der Waals surface area contributed by atoms with E-state index in [1.807, 2.05) is 24.3 Å². The lowest BCUT2D eigenvalue weighted by molar-refractivity contribution is 0.102. The number of nitrogens with one attached hydrogen (secondary N) is 1. The number of ether oxygens (including phenoxy) is 1. The van der Waals surface area contributed by atoms with E-state index in [2.05, 4.69) is 22.2 Å². The van der Waals surface area contributed by atoms with E-state index in [-0.39, 0.29) is 30.7 Å². The van der Waals surface area contributed by atoms with E-state index in [1.165, 1.54) is 5.56 Å². The van der Waals surface area contributed by atoms with Gasteiger partial charge in [0.15, 0.2) is 0 Å². The molecule has 1 amide bonds. The molecule has 3 rings (SSSR count). The topological polar surface area (TPSA) is 70.8 Å². The zero-order valence-electron chi connectivity index (χ0n) is 16.2. The van der Waals surface area contributed by atoms with Gasteiger partial charge < -0.3 is 20.7 Å². The highest BCUT2D eigenvalue weighted by atomic mass is 35.5. The van der Waals surface area contributed by atoms with Gasteiger partial charge in [0.1, 0.15) is 5.75 Å². The Balaban J connectivity index is 0.00000196. The van der Waals surface area contributed by atoms with Crippen LogP contribution in [0.2, 0.25) is 0 Å². The summed E-state index contributed by atoms with van der Waals surface area (Å²) < 4.78 is 5.18. The quantitative estimate of drug-likeness (QED) is 0.718. The number of hydrogen-bond donors (Lipinski definition) is 2. The predicted octanol–water partition coefficient (Wildman–Crippen LogP) is 3.12. The Hall–Kier alpha value is -1.99. The van der Waals surface area contributed by atoms with Crippen molar-refractivity contribution < 1.29 is 9.53 Å². The van der Waals surface area contributed by atoms with E-state index in [9.17, 15) is 4.79 Å². The highest BCUT2D eigenvalue weighted by Gasteiger charge is 2.14. The second-order valence-electron chi connectivity index (χ2n) is 6.68. The second-order valence-corrected chi connectivity index (χ2v) is 6.68. The third kappa shape index (κ3) is 6.27.